The molecule has 0 unspecified atom stereocenters. The van der Waals surface area contributed by atoms with Crippen LogP contribution in [0.4, 0.5) is 0 Å². The van der Waals surface area contributed by atoms with Crippen LogP contribution in [0.3, 0.4) is 0 Å². The standard InChI is InChI=1S/C16H33NO4/c1-14(2,9-11-18)17-15(3,4)10-12-21-16(5,6)8-7-13(19)20/h17-18H,7-12H2,1-6H3,(H,19,20). The second kappa shape index (κ2) is 8.11. The molecule has 126 valence electrons. The van der Waals surface area contributed by atoms with Gasteiger partial charge in [0, 0.05) is 30.7 Å². The summed E-state index contributed by atoms with van der Waals surface area (Å²) in [5, 5.41) is 21.3. The summed E-state index contributed by atoms with van der Waals surface area (Å²) in [6, 6.07) is 0. The van der Waals surface area contributed by atoms with Gasteiger partial charge in [-0.15, -0.1) is 0 Å². The molecule has 0 rings (SSSR count). The molecule has 0 saturated heterocycles. The first-order valence-corrected chi connectivity index (χ1v) is 7.65. The minimum Gasteiger partial charge on any atom is -0.481 e. The lowest BCUT2D eigenvalue weighted by atomic mass is 9.92. The Morgan fingerprint density at radius 1 is 1.00 bits per heavy atom. The summed E-state index contributed by atoms with van der Waals surface area (Å²) in [5.74, 6) is -0.792. The van der Waals surface area contributed by atoms with Gasteiger partial charge in [0.25, 0.3) is 0 Å². The third-order valence-electron chi connectivity index (χ3n) is 3.57. The lowest BCUT2D eigenvalue weighted by molar-refractivity contribution is -0.139. The van der Waals surface area contributed by atoms with Gasteiger partial charge in [0.1, 0.15) is 0 Å². The Balaban J connectivity index is 4.22. The molecule has 0 heterocycles. The molecule has 0 atom stereocenters. The van der Waals surface area contributed by atoms with Gasteiger partial charge in [-0.3, -0.25) is 4.79 Å². The predicted molar refractivity (Wildman–Crippen MR) is 84.5 cm³/mol. The number of hydrogen-bond acceptors (Lipinski definition) is 4. The summed E-state index contributed by atoms with van der Waals surface area (Å²) in [7, 11) is 0. The van der Waals surface area contributed by atoms with Crippen molar-refractivity contribution in [2.75, 3.05) is 13.2 Å². The number of carboxylic acids is 1. The van der Waals surface area contributed by atoms with Gasteiger partial charge in [0.2, 0.25) is 0 Å². The number of aliphatic hydroxyl groups is 1. The van der Waals surface area contributed by atoms with Crippen LogP contribution in [-0.2, 0) is 9.53 Å². The first kappa shape index (κ1) is 20.3. The average molecular weight is 303 g/mol. The van der Waals surface area contributed by atoms with Crippen LogP contribution in [0.1, 0.15) is 67.2 Å². The molecule has 21 heavy (non-hydrogen) atoms. The van der Waals surface area contributed by atoms with Crippen molar-refractivity contribution >= 4 is 5.97 Å². The molecule has 0 aliphatic rings. The molecule has 0 spiro atoms. The summed E-state index contributed by atoms with van der Waals surface area (Å²) < 4.78 is 5.84. The van der Waals surface area contributed by atoms with E-state index in [1.165, 1.54) is 0 Å². The normalized spacial score (nSPS) is 13.5. The molecule has 0 aromatic rings. The van der Waals surface area contributed by atoms with E-state index >= 15 is 0 Å². The van der Waals surface area contributed by atoms with Crippen LogP contribution < -0.4 is 5.32 Å². The van der Waals surface area contributed by atoms with Crippen LogP contribution in [0, 0.1) is 0 Å². The molecule has 0 aliphatic carbocycles. The lowest BCUT2D eigenvalue weighted by Crippen LogP contribution is -2.53. The number of hydrogen-bond donors (Lipinski definition) is 3. The van der Waals surface area contributed by atoms with Crippen LogP contribution in [0.15, 0.2) is 0 Å². The van der Waals surface area contributed by atoms with Gasteiger partial charge in [-0.05, 0) is 60.8 Å². The first-order chi connectivity index (χ1) is 9.39. The highest BCUT2D eigenvalue weighted by Crippen LogP contribution is 2.21. The van der Waals surface area contributed by atoms with Gasteiger partial charge in [0.15, 0.2) is 0 Å². The Kier molecular flexibility index (Phi) is 7.86. The molecule has 3 N–H and O–H groups in total. The van der Waals surface area contributed by atoms with Crippen molar-refractivity contribution in [3.8, 4) is 0 Å². The minimum atomic E-state index is -0.792. The number of rotatable bonds is 11. The van der Waals surface area contributed by atoms with E-state index in [-0.39, 0.29) is 24.1 Å². The van der Waals surface area contributed by atoms with E-state index < -0.39 is 11.6 Å². The number of ether oxygens (including phenoxy) is 1. The average Bonchev–Trinajstić information content (AvgIpc) is 2.24. The second-order valence-corrected chi connectivity index (χ2v) is 7.62. The van der Waals surface area contributed by atoms with Crippen molar-refractivity contribution in [1.82, 2.24) is 5.32 Å². The summed E-state index contributed by atoms with van der Waals surface area (Å²) in [6.07, 6.45) is 2.14. The SMILES string of the molecule is CC(C)(CCO)NC(C)(C)CCOC(C)(C)CCC(=O)O. The van der Waals surface area contributed by atoms with Gasteiger partial charge < -0.3 is 20.3 Å². The highest BCUT2D eigenvalue weighted by atomic mass is 16.5. The van der Waals surface area contributed by atoms with Crippen molar-refractivity contribution in [3.05, 3.63) is 0 Å². The first-order valence-electron chi connectivity index (χ1n) is 7.65. The lowest BCUT2D eigenvalue weighted by Gasteiger charge is -2.38. The largest absolute Gasteiger partial charge is 0.481 e. The molecule has 0 bridgehead atoms. The smallest absolute Gasteiger partial charge is 0.303 e. The quantitative estimate of drug-likeness (QED) is 0.547. The third-order valence-corrected chi connectivity index (χ3v) is 3.57. The van der Waals surface area contributed by atoms with Crippen molar-refractivity contribution in [2.24, 2.45) is 0 Å². The van der Waals surface area contributed by atoms with Crippen LogP contribution in [-0.4, -0.2) is 46.1 Å². The minimum absolute atomic E-state index is 0.110. The van der Waals surface area contributed by atoms with E-state index in [9.17, 15) is 4.79 Å². The zero-order chi connectivity index (χ0) is 16.7. The van der Waals surface area contributed by atoms with Crippen LogP contribution in [0.2, 0.25) is 0 Å². The Bertz CT molecular complexity index is 324. The Morgan fingerprint density at radius 2 is 1.52 bits per heavy atom. The molecule has 0 aromatic heterocycles. The summed E-state index contributed by atoms with van der Waals surface area (Å²) in [5.41, 5.74) is -0.659. The van der Waals surface area contributed by atoms with Crippen molar-refractivity contribution in [2.45, 2.75) is 83.9 Å². The van der Waals surface area contributed by atoms with Crippen molar-refractivity contribution in [3.63, 3.8) is 0 Å². The number of carboxylic acid groups (broad SMARTS) is 1. The fraction of sp³-hybridized carbons (Fsp3) is 0.938. The van der Waals surface area contributed by atoms with E-state index in [1.54, 1.807) is 0 Å². The molecule has 5 nitrogen and oxygen atoms in total. The molecule has 0 fully saturated rings. The molecule has 5 heteroatoms. The molecular formula is C16H33NO4. The fourth-order valence-electron chi connectivity index (χ4n) is 2.38. The van der Waals surface area contributed by atoms with E-state index in [4.69, 9.17) is 14.9 Å². The van der Waals surface area contributed by atoms with Crippen LogP contribution in [0.5, 0.6) is 0 Å². The zero-order valence-electron chi connectivity index (χ0n) is 14.5. The highest BCUT2D eigenvalue weighted by Gasteiger charge is 2.28. The fourth-order valence-corrected chi connectivity index (χ4v) is 2.38. The zero-order valence-corrected chi connectivity index (χ0v) is 14.5. The topological polar surface area (TPSA) is 78.8 Å². The maximum Gasteiger partial charge on any atom is 0.303 e. The van der Waals surface area contributed by atoms with Gasteiger partial charge in [-0.25, -0.2) is 0 Å². The Morgan fingerprint density at radius 3 is 2.00 bits per heavy atom. The number of carbonyl (C=O) groups is 1. The molecule has 0 saturated carbocycles. The van der Waals surface area contributed by atoms with E-state index in [0.29, 0.717) is 19.4 Å². The van der Waals surface area contributed by atoms with Crippen LogP contribution >= 0.6 is 0 Å². The summed E-state index contributed by atoms with van der Waals surface area (Å²) >= 11 is 0. The maximum absolute atomic E-state index is 10.6. The number of aliphatic carboxylic acids is 1. The second-order valence-electron chi connectivity index (χ2n) is 7.62. The summed E-state index contributed by atoms with van der Waals surface area (Å²) in [6.45, 7) is 12.9. The molecular weight excluding hydrogens is 270 g/mol. The van der Waals surface area contributed by atoms with E-state index in [2.05, 4.69) is 33.0 Å². The number of nitrogens with one attached hydrogen (secondary N) is 1. The van der Waals surface area contributed by atoms with Gasteiger partial charge in [-0.1, -0.05) is 0 Å². The predicted octanol–water partition coefficient (Wildman–Crippen LogP) is 2.57. The maximum atomic E-state index is 10.6. The summed E-state index contributed by atoms with van der Waals surface area (Å²) in [4.78, 5) is 10.6. The molecule has 0 amide bonds. The molecule has 0 radical (unpaired) electrons. The highest BCUT2D eigenvalue weighted by molar-refractivity contribution is 5.66. The molecule has 0 aromatic carbocycles. The van der Waals surface area contributed by atoms with Gasteiger partial charge in [0.05, 0.1) is 5.60 Å². The molecule has 0 aliphatic heterocycles. The van der Waals surface area contributed by atoms with E-state index in [0.717, 1.165) is 6.42 Å². The Labute approximate surface area is 129 Å². The van der Waals surface area contributed by atoms with Crippen LogP contribution in [0.25, 0.3) is 0 Å². The van der Waals surface area contributed by atoms with Gasteiger partial charge >= 0.3 is 5.97 Å². The van der Waals surface area contributed by atoms with E-state index in [1.807, 2.05) is 13.8 Å². The van der Waals surface area contributed by atoms with Gasteiger partial charge in [-0.2, -0.15) is 0 Å². The Hall–Kier alpha value is -0.650. The third kappa shape index (κ3) is 10.7. The monoisotopic (exact) mass is 303 g/mol. The van der Waals surface area contributed by atoms with Crippen molar-refractivity contribution < 1.29 is 19.7 Å². The van der Waals surface area contributed by atoms with Crippen molar-refractivity contribution in [1.29, 1.82) is 0 Å². The number of aliphatic hydroxyl groups excluding tert-OH is 1.